The number of nitrogens with zero attached hydrogens (tertiary/aromatic N) is 3. The van der Waals surface area contributed by atoms with Crippen molar-refractivity contribution in [2.75, 3.05) is 20.3 Å². The molecule has 118 valence electrons. The van der Waals surface area contributed by atoms with Gasteiger partial charge in [0.05, 0.1) is 17.6 Å². The maximum absolute atomic E-state index is 12.2. The van der Waals surface area contributed by atoms with E-state index in [1.54, 1.807) is 19.5 Å². The highest BCUT2D eigenvalue weighted by atomic mass is 16.5. The van der Waals surface area contributed by atoms with Crippen molar-refractivity contribution in [1.82, 2.24) is 19.9 Å². The number of imidazole rings is 1. The van der Waals surface area contributed by atoms with Gasteiger partial charge >= 0.3 is 0 Å². The first kappa shape index (κ1) is 15.2. The minimum absolute atomic E-state index is 0.0690. The first-order chi connectivity index (χ1) is 11.3. The van der Waals surface area contributed by atoms with Crippen LogP contribution in [0.5, 0.6) is 0 Å². The summed E-state index contributed by atoms with van der Waals surface area (Å²) in [5, 5.41) is 2.84. The number of carbonyl (C=O) groups excluding carboxylic acids is 1. The van der Waals surface area contributed by atoms with Gasteiger partial charge in [0.25, 0.3) is 0 Å². The second-order valence-corrected chi connectivity index (χ2v) is 5.09. The van der Waals surface area contributed by atoms with E-state index in [2.05, 4.69) is 15.3 Å². The van der Waals surface area contributed by atoms with Crippen molar-refractivity contribution < 1.29 is 9.53 Å². The number of hydrogen-bond acceptors (Lipinski definition) is 4. The Labute approximate surface area is 134 Å². The molecule has 0 bridgehead atoms. The predicted octanol–water partition coefficient (Wildman–Crippen LogP) is 1.86. The molecule has 0 atom stereocenters. The Hall–Kier alpha value is -2.73. The molecule has 0 spiro atoms. The van der Waals surface area contributed by atoms with E-state index in [9.17, 15) is 4.79 Å². The number of benzene rings is 1. The Morgan fingerprint density at radius 1 is 1.22 bits per heavy atom. The molecule has 3 rings (SSSR count). The minimum atomic E-state index is -0.0690. The molecule has 6 nitrogen and oxygen atoms in total. The third-order valence-electron chi connectivity index (χ3n) is 3.52. The summed E-state index contributed by atoms with van der Waals surface area (Å²) in [5.74, 6) is 0.691. The maximum atomic E-state index is 12.2. The molecule has 2 aromatic heterocycles. The van der Waals surface area contributed by atoms with Gasteiger partial charge in [0.15, 0.2) is 0 Å². The number of nitrogens with one attached hydrogen (secondary N) is 1. The van der Waals surface area contributed by atoms with E-state index in [1.165, 1.54) is 0 Å². The van der Waals surface area contributed by atoms with Crippen LogP contribution in [0.15, 0.2) is 48.8 Å². The van der Waals surface area contributed by atoms with E-state index < -0.39 is 0 Å². The Bertz CT molecular complexity index is 799. The fourth-order valence-electron chi connectivity index (χ4n) is 2.45. The molecule has 0 unspecified atom stereocenters. The molecule has 23 heavy (non-hydrogen) atoms. The van der Waals surface area contributed by atoms with Crippen LogP contribution in [0.2, 0.25) is 0 Å². The Kier molecular flexibility index (Phi) is 4.63. The number of hydrogen-bond donors (Lipinski definition) is 1. The molecule has 0 aliphatic rings. The van der Waals surface area contributed by atoms with Crippen LogP contribution in [0.1, 0.15) is 0 Å². The van der Waals surface area contributed by atoms with Crippen molar-refractivity contribution in [3.8, 4) is 11.4 Å². The zero-order valence-corrected chi connectivity index (χ0v) is 12.9. The molecule has 2 heterocycles. The van der Waals surface area contributed by atoms with Gasteiger partial charge in [0.1, 0.15) is 12.4 Å². The summed E-state index contributed by atoms with van der Waals surface area (Å²) in [5.41, 5.74) is 2.73. The molecule has 0 saturated carbocycles. The number of amides is 1. The lowest BCUT2D eigenvalue weighted by molar-refractivity contribution is -0.121. The molecule has 1 amide bonds. The van der Waals surface area contributed by atoms with Crippen molar-refractivity contribution in [2.24, 2.45) is 0 Å². The van der Waals surface area contributed by atoms with E-state index in [0.717, 1.165) is 22.4 Å². The zero-order valence-electron chi connectivity index (χ0n) is 12.9. The second-order valence-electron chi connectivity index (χ2n) is 5.09. The smallest absolute Gasteiger partial charge is 0.240 e. The van der Waals surface area contributed by atoms with Crippen LogP contribution >= 0.6 is 0 Å². The van der Waals surface area contributed by atoms with Gasteiger partial charge < -0.3 is 14.6 Å². The predicted molar refractivity (Wildman–Crippen MR) is 87.8 cm³/mol. The molecule has 0 aliphatic heterocycles. The van der Waals surface area contributed by atoms with Crippen molar-refractivity contribution in [3.63, 3.8) is 0 Å². The van der Waals surface area contributed by atoms with Crippen LogP contribution < -0.4 is 5.32 Å². The average molecular weight is 310 g/mol. The number of rotatable bonds is 6. The minimum Gasteiger partial charge on any atom is -0.383 e. The average Bonchev–Trinajstić information content (AvgIpc) is 2.95. The fraction of sp³-hybridized carbons (Fsp3) is 0.235. The normalized spacial score (nSPS) is 10.8. The van der Waals surface area contributed by atoms with Gasteiger partial charge in [-0.3, -0.25) is 9.78 Å². The van der Waals surface area contributed by atoms with Crippen molar-refractivity contribution in [3.05, 3.63) is 48.8 Å². The number of methoxy groups -OCH3 is 1. The molecule has 6 heteroatoms. The molecule has 0 fully saturated rings. The van der Waals surface area contributed by atoms with E-state index in [0.29, 0.717) is 13.2 Å². The van der Waals surface area contributed by atoms with Crippen molar-refractivity contribution in [1.29, 1.82) is 0 Å². The third-order valence-corrected chi connectivity index (χ3v) is 3.52. The van der Waals surface area contributed by atoms with Gasteiger partial charge in [0, 0.05) is 31.6 Å². The highest BCUT2D eigenvalue weighted by molar-refractivity contribution is 5.84. The van der Waals surface area contributed by atoms with Gasteiger partial charge in [-0.15, -0.1) is 0 Å². The van der Waals surface area contributed by atoms with E-state index in [4.69, 9.17) is 4.74 Å². The Morgan fingerprint density at radius 3 is 2.78 bits per heavy atom. The van der Waals surface area contributed by atoms with Gasteiger partial charge in [-0.1, -0.05) is 12.1 Å². The summed E-state index contributed by atoms with van der Waals surface area (Å²) in [6.45, 7) is 1.20. The third kappa shape index (κ3) is 3.37. The van der Waals surface area contributed by atoms with Crippen LogP contribution in [0.3, 0.4) is 0 Å². The second kappa shape index (κ2) is 7.02. The summed E-state index contributed by atoms with van der Waals surface area (Å²) < 4.78 is 6.87. The van der Waals surface area contributed by atoms with Crippen LogP contribution in [-0.4, -0.2) is 40.7 Å². The SMILES string of the molecule is COCCNC(=O)Cn1c(-c2ccncc2)nc2ccccc21. The number of carbonyl (C=O) groups is 1. The Morgan fingerprint density at radius 2 is 2.00 bits per heavy atom. The van der Waals surface area contributed by atoms with E-state index in [1.807, 2.05) is 41.0 Å². The lowest BCUT2D eigenvalue weighted by Gasteiger charge is -2.10. The van der Waals surface area contributed by atoms with E-state index >= 15 is 0 Å². The number of aromatic nitrogens is 3. The number of ether oxygens (including phenoxy) is 1. The summed E-state index contributed by atoms with van der Waals surface area (Å²) >= 11 is 0. The fourth-order valence-corrected chi connectivity index (χ4v) is 2.45. The van der Waals surface area contributed by atoms with Gasteiger partial charge in [-0.05, 0) is 24.3 Å². The first-order valence-corrected chi connectivity index (χ1v) is 7.41. The van der Waals surface area contributed by atoms with Gasteiger partial charge in [-0.2, -0.15) is 0 Å². The monoisotopic (exact) mass is 310 g/mol. The van der Waals surface area contributed by atoms with Gasteiger partial charge in [-0.25, -0.2) is 4.98 Å². The Balaban J connectivity index is 1.95. The molecular weight excluding hydrogens is 292 g/mol. The molecule has 0 aliphatic carbocycles. The molecule has 3 aromatic rings. The summed E-state index contributed by atoms with van der Waals surface area (Å²) in [6, 6.07) is 11.6. The lowest BCUT2D eigenvalue weighted by Crippen LogP contribution is -2.30. The highest BCUT2D eigenvalue weighted by Gasteiger charge is 2.14. The zero-order chi connectivity index (χ0) is 16.1. The summed E-state index contributed by atoms with van der Waals surface area (Å²) in [6.07, 6.45) is 3.44. The molecule has 1 aromatic carbocycles. The van der Waals surface area contributed by atoms with Crippen LogP contribution in [0.25, 0.3) is 22.4 Å². The quantitative estimate of drug-likeness (QED) is 0.706. The summed E-state index contributed by atoms with van der Waals surface area (Å²) in [4.78, 5) is 20.9. The largest absolute Gasteiger partial charge is 0.383 e. The van der Waals surface area contributed by atoms with Gasteiger partial charge in [0.2, 0.25) is 5.91 Å². The van der Waals surface area contributed by atoms with E-state index in [-0.39, 0.29) is 12.5 Å². The molecule has 0 saturated heterocycles. The topological polar surface area (TPSA) is 69.0 Å². The highest BCUT2D eigenvalue weighted by Crippen LogP contribution is 2.24. The molecule has 1 N–H and O–H groups in total. The molecule has 0 radical (unpaired) electrons. The van der Waals surface area contributed by atoms with Crippen LogP contribution in [0, 0.1) is 0 Å². The molecular formula is C17H18N4O2. The standard InChI is InChI=1S/C17H18N4O2/c1-23-11-10-19-16(22)12-21-15-5-3-2-4-14(15)20-17(21)13-6-8-18-9-7-13/h2-9H,10-12H2,1H3,(H,19,22). The van der Waals surface area contributed by atoms with Crippen molar-refractivity contribution in [2.45, 2.75) is 6.54 Å². The lowest BCUT2D eigenvalue weighted by atomic mass is 10.2. The first-order valence-electron chi connectivity index (χ1n) is 7.41. The maximum Gasteiger partial charge on any atom is 0.240 e. The summed E-state index contributed by atoms with van der Waals surface area (Å²) in [7, 11) is 1.61. The number of fused-ring (bicyclic) bond motifs is 1. The van der Waals surface area contributed by atoms with Crippen LogP contribution in [-0.2, 0) is 16.1 Å². The van der Waals surface area contributed by atoms with Crippen molar-refractivity contribution >= 4 is 16.9 Å². The number of pyridine rings is 1. The van der Waals surface area contributed by atoms with Crippen LogP contribution in [0.4, 0.5) is 0 Å². The number of para-hydroxylation sites is 2.